The molecule has 4 aliphatic rings. The van der Waals surface area contributed by atoms with Gasteiger partial charge in [0, 0.05) is 11.0 Å². The van der Waals surface area contributed by atoms with E-state index in [0.29, 0.717) is 5.41 Å². The van der Waals surface area contributed by atoms with Crippen LogP contribution in [0.3, 0.4) is 0 Å². The first-order valence-electron chi connectivity index (χ1n) is 7.50. The highest BCUT2D eigenvalue weighted by atomic mass is 35.5. The van der Waals surface area contributed by atoms with E-state index in [9.17, 15) is 0 Å². The molecule has 19 heavy (non-hydrogen) atoms. The molecule has 1 aromatic rings. The molecule has 4 bridgehead atoms. The number of hydrogen-bond donors (Lipinski definition) is 0. The highest BCUT2D eigenvalue weighted by Crippen LogP contribution is 2.59. The smallest absolute Gasteiger partial charge is 0.0562 e. The van der Waals surface area contributed by atoms with E-state index in [4.69, 9.17) is 11.6 Å². The summed E-state index contributed by atoms with van der Waals surface area (Å²) in [5, 5.41) is 0.791. The van der Waals surface area contributed by atoms with Crippen molar-refractivity contribution < 1.29 is 0 Å². The third kappa shape index (κ3) is 2.09. The van der Waals surface area contributed by atoms with Crippen LogP contribution in [0.15, 0.2) is 24.3 Å². The van der Waals surface area contributed by atoms with Crippen molar-refractivity contribution in [3.8, 4) is 11.8 Å². The zero-order valence-corrected chi connectivity index (χ0v) is 11.9. The van der Waals surface area contributed by atoms with E-state index in [2.05, 4.69) is 11.8 Å². The molecule has 0 atom stereocenters. The van der Waals surface area contributed by atoms with Gasteiger partial charge in [0.25, 0.3) is 0 Å². The van der Waals surface area contributed by atoms with Gasteiger partial charge in [-0.05, 0) is 68.4 Å². The molecule has 0 radical (unpaired) electrons. The lowest BCUT2D eigenvalue weighted by Crippen LogP contribution is -2.45. The van der Waals surface area contributed by atoms with Crippen LogP contribution >= 0.6 is 11.6 Å². The molecule has 0 aromatic heterocycles. The molecule has 0 spiro atoms. The summed E-state index contributed by atoms with van der Waals surface area (Å²) < 4.78 is 0. The van der Waals surface area contributed by atoms with Gasteiger partial charge in [0.1, 0.15) is 0 Å². The highest BCUT2D eigenvalue weighted by molar-refractivity contribution is 6.31. The standard InChI is InChI=1S/C18H19Cl/c19-17-4-2-1-3-16(17)5-6-18-10-13-7-14(11-18)9-15(8-13)12-18/h1-4,13-15H,7-12H2. The molecule has 0 saturated heterocycles. The fourth-order valence-corrected chi connectivity index (χ4v) is 5.21. The van der Waals surface area contributed by atoms with Crippen molar-refractivity contribution in [2.24, 2.45) is 23.2 Å². The van der Waals surface area contributed by atoms with E-state index >= 15 is 0 Å². The Hall–Kier alpha value is -0.930. The first-order chi connectivity index (χ1) is 9.22. The SMILES string of the molecule is Clc1ccccc1C#CC12CC3CC(CC(C3)C1)C2. The van der Waals surface area contributed by atoms with Crippen molar-refractivity contribution in [1.82, 2.24) is 0 Å². The Morgan fingerprint density at radius 3 is 2.11 bits per heavy atom. The summed E-state index contributed by atoms with van der Waals surface area (Å²) in [6.45, 7) is 0. The van der Waals surface area contributed by atoms with Gasteiger partial charge in [-0.2, -0.15) is 0 Å². The van der Waals surface area contributed by atoms with E-state index in [0.717, 1.165) is 28.3 Å². The number of hydrogen-bond acceptors (Lipinski definition) is 0. The lowest BCUT2D eigenvalue weighted by atomic mass is 9.50. The van der Waals surface area contributed by atoms with Gasteiger partial charge < -0.3 is 0 Å². The van der Waals surface area contributed by atoms with E-state index in [1.54, 1.807) is 0 Å². The summed E-state index contributed by atoms with van der Waals surface area (Å²) in [5.41, 5.74) is 1.33. The number of rotatable bonds is 0. The van der Waals surface area contributed by atoms with Crippen LogP contribution in [0.25, 0.3) is 0 Å². The molecule has 5 rings (SSSR count). The summed E-state index contributed by atoms with van der Waals surface area (Å²) in [7, 11) is 0. The first-order valence-corrected chi connectivity index (χ1v) is 7.88. The van der Waals surface area contributed by atoms with Gasteiger partial charge in [-0.3, -0.25) is 0 Å². The zero-order chi connectivity index (χ0) is 12.9. The maximum absolute atomic E-state index is 6.21. The molecule has 4 aliphatic carbocycles. The van der Waals surface area contributed by atoms with Gasteiger partial charge in [0.2, 0.25) is 0 Å². The Balaban J connectivity index is 1.65. The van der Waals surface area contributed by atoms with E-state index in [1.807, 2.05) is 24.3 Å². The lowest BCUT2D eigenvalue weighted by Gasteiger charge is -2.54. The molecule has 4 saturated carbocycles. The highest BCUT2D eigenvalue weighted by Gasteiger charge is 2.50. The molecular weight excluding hydrogens is 252 g/mol. The lowest BCUT2D eigenvalue weighted by molar-refractivity contribution is -0.0181. The molecule has 1 heteroatoms. The minimum Gasteiger partial charge on any atom is -0.0910 e. The molecule has 0 heterocycles. The zero-order valence-electron chi connectivity index (χ0n) is 11.2. The quantitative estimate of drug-likeness (QED) is 0.588. The van der Waals surface area contributed by atoms with Crippen molar-refractivity contribution in [3.05, 3.63) is 34.9 Å². The van der Waals surface area contributed by atoms with Gasteiger partial charge >= 0.3 is 0 Å². The first kappa shape index (κ1) is 11.9. The molecule has 0 aliphatic heterocycles. The van der Waals surface area contributed by atoms with Crippen LogP contribution < -0.4 is 0 Å². The number of benzene rings is 1. The Bertz CT molecular complexity index is 525. The topological polar surface area (TPSA) is 0 Å². The summed E-state index contributed by atoms with van der Waals surface area (Å²) in [5.74, 6) is 9.93. The molecule has 0 amide bonds. The van der Waals surface area contributed by atoms with Crippen molar-refractivity contribution in [1.29, 1.82) is 0 Å². The van der Waals surface area contributed by atoms with Crippen molar-refractivity contribution >= 4 is 11.6 Å². The van der Waals surface area contributed by atoms with Crippen LogP contribution in [-0.2, 0) is 0 Å². The summed E-state index contributed by atoms with van der Waals surface area (Å²) in [6, 6.07) is 7.97. The second-order valence-electron chi connectivity index (χ2n) is 6.93. The van der Waals surface area contributed by atoms with E-state index in [1.165, 1.54) is 38.5 Å². The van der Waals surface area contributed by atoms with Crippen LogP contribution in [0.1, 0.15) is 44.1 Å². The fourth-order valence-electron chi connectivity index (χ4n) is 5.03. The monoisotopic (exact) mass is 270 g/mol. The minimum atomic E-state index is 0.327. The molecular formula is C18H19Cl. The maximum Gasteiger partial charge on any atom is 0.0562 e. The summed E-state index contributed by atoms with van der Waals surface area (Å²) >= 11 is 6.21. The van der Waals surface area contributed by atoms with Crippen LogP contribution in [0, 0.1) is 35.0 Å². The molecule has 0 unspecified atom stereocenters. The predicted molar refractivity (Wildman–Crippen MR) is 78.9 cm³/mol. The average Bonchev–Trinajstić information content (AvgIpc) is 2.36. The van der Waals surface area contributed by atoms with Crippen molar-refractivity contribution in [2.75, 3.05) is 0 Å². The van der Waals surface area contributed by atoms with Crippen LogP contribution in [0.4, 0.5) is 0 Å². The minimum absolute atomic E-state index is 0.327. The Labute approximate surface area is 120 Å². The van der Waals surface area contributed by atoms with E-state index < -0.39 is 0 Å². The van der Waals surface area contributed by atoms with Gasteiger partial charge in [-0.1, -0.05) is 35.6 Å². The third-order valence-electron chi connectivity index (χ3n) is 5.37. The Morgan fingerprint density at radius 1 is 0.947 bits per heavy atom. The average molecular weight is 271 g/mol. The Kier molecular flexibility index (Phi) is 2.68. The molecule has 0 nitrogen and oxygen atoms in total. The van der Waals surface area contributed by atoms with Crippen LogP contribution in [-0.4, -0.2) is 0 Å². The van der Waals surface area contributed by atoms with Crippen LogP contribution in [0.5, 0.6) is 0 Å². The maximum atomic E-state index is 6.21. The van der Waals surface area contributed by atoms with Gasteiger partial charge in [-0.25, -0.2) is 0 Å². The van der Waals surface area contributed by atoms with Crippen LogP contribution in [0.2, 0.25) is 5.02 Å². The molecule has 0 N–H and O–H groups in total. The van der Waals surface area contributed by atoms with E-state index in [-0.39, 0.29) is 0 Å². The Morgan fingerprint density at radius 2 is 1.53 bits per heavy atom. The largest absolute Gasteiger partial charge is 0.0910 e. The summed E-state index contributed by atoms with van der Waals surface area (Å²) in [4.78, 5) is 0. The second-order valence-corrected chi connectivity index (χ2v) is 7.33. The van der Waals surface area contributed by atoms with Gasteiger partial charge in [0.15, 0.2) is 0 Å². The molecule has 4 fully saturated rings. The second kappa shape index (κ2) is 4.29. The molecule has 1 aromatic carbocycles. The third-order valence-corrected chi connectivity index (χ3v) is 5.70. The van der Waals surface area contributed by atoms with Gasteiger partial charge in [0.05, 0.1) is 5.02 Å². The van der Waals surface area contributed by atoms with Crippen molar-refractivity contribution in [3.63, 3.8) is 0 Å². The molecule has 98 valence electrons. The van der Waals surface area contributed by atoms with Crippen molar-refractivity contribution in [2.45, 2.75) is 38.5 Å². The predicted octanol–water partition coefficient (Wildman–Crippen LogP) is 4.91. The summed E-state index contributed by atoms with van der Waals surface area (Å²) in [6.07, 6.45) is 8.47. The fraction of sp³-hybridized carbons (Fsp3) is 0.556. The van der Waals surface area contributed by atoms with Gasteiger partial charge in [-0.15, -0.1) is 0 Å². The number of halogens is 1. The normalized spacial score (nSPS) is 38.9.